The van der Waals surface area contributed by atoms with Crippen molar-refractivity contribution in [2.45, 2.75) is 103 Å². The quantitative estimate of drug-likeness (QED) is 0.298. The number of allylic oxidation sites excluding steroid dienone is 1. The standard InChI is InChI=1S/C25H44F2/c1-4-9-19(5-2)10-7-11-20-13-15-24-22(18-20)14-16-23(25(24)27)21(6-3)12-8-17-26/h5,19-25H,2,4,6-18H2,1,3H3. The third-order valence-electron chi connectivity index (χ3n) is 7.86. The number of alkyl halides is 2. The smallest absolute Gasteiger partial charge is 0.106 e. The van der Waals surface area contributed by atoms with Crippen molar-refractivity contribution < 1.29 is 8.78 Å². The second-order valence-electron chi connectivity index (χ2n) is 9.50. The lowest BCUT2D eigenvalue weighted by Gasteiger charge is -2.46. The molecule has 0 heterocycles. The monoisotopic (exact) mass is 382 g/mol. The van der Waals surface area contributed by atoms with Gasteiger partial charge in [0.2, 0.25) is 0 Å². The van der Waals surface area contributed by atoms with Crippen LogP contribution in [0.25, 0.3) is 0 Å². The first-order chi connectivity index (χ1) is 13.1. The molecular formula is C25H44F2. The van der Waals surface area contributed by atoms with E-state index in [9.17, 15) is 4.39 Å². The van der Waals surface area contributed by atoms with Gasteiger partial charge in [-0.1, -0.05) is 52.0 Å². The Hall–Kier alpha value is -0.400. The van der Waals surface area contributed by atoms with E-state index in [1.807, 2.05) is 0 Å². The van der Waals surface area contributed by atoms with Crippen LogP contribution in [-0.2, 0) is 0 Å². The van der Waals surface area contributed by atoms with Gasteiger partial charge in [0.15, 0.2) is 0 Å². The summed E-state index contributed by atoms with van der Waals surface area (Å²) < 4.78 is 27.9. The third-order valence-corrected chi connectivity index (χ3v) is 7.86. The molecule has 27 heavy (non-hydrogen) atoms. The van der Waals surface area contributed by atoms with E-state index in [0.717, 1.165) is 31.6 Å². The second-order valence-corrected chi connectivity index (χ2v) is 9.50. The number of fused-ring (bicyclic) bond motifs is 1. The van der Waals surface area contributed by atoms with Crippen molar-refractivity contribution >= 4 is 0 Å². The van der Waals surface area contributed by atoms with Gasteiger partial charge in [-0.25, -0.2) is 4.39 Å². The maximum atomic E-state index is 15.4. The summed E-state index contributed by atoms with van der Waals surface area (Å²) in [5.74, 6) is 2.99. The fraction of sp³-hybridized carbons (Fsp3) is 0.920. The average Bonchev–Trinajstić information content (AvgIpc) is 2.69. The lowest BCUT2D eigenvalue weighted by molar-refractivity contribution is -0.0158. The molecule has 0 aromatic carbocycles. The summed E-state index contributed by atoms with van der Waals surface area (Å²) in [4.78, 5) is 0. The summed E-state index contributed by atoms with van der Waals surface area (Å²) in [5.41, 5.74) is 0. The predicted octanol–water partition coefficient (Wildman–Crippen LogP) is 8.32. The summed E-state index contributed by atoms with van der Waals surface area (Å²) in [7, 11) is 0. The first-order valence-electron chi connectivity index (χ1n) is 12.0. The molecule has 0 bridgehead atoms. The molecule has 2 saturated carbocycles. The van der Waals surface area contributed by atoms with E-state index in [1.165, 1.54) is 51.4 Å². The van der Waals surface area contributed by atoms with Gasteiger partial charge in [0.25, 0.3) is 0 Å². The molecule has 0 N–H and O–H groups in total. The van der Waals surface area contributed by atoms with Gasteiger partial charge in [0, 0.05) is 0 Å². The minimum atomic E-state index is -0.635. The Morgan fingerprint density at radius 1 is 1.04 bits per heavy atom. The molecule has 0 nitrogen and oxygen atoms in total. The largest absolute Gasteiger partial charge is 0.251 e. The molecule has 2 aliphatic rings. The molecule has 2 aliphatic carbocycles. The molecule has 0 aromatic rings. The lowest BCUT2D eigenvalue weighted by atomic mass is 9.60. The maximum absolute atomic E-state index is 15.4. The number of rotatable bonds is 12. The highest BCUT2D eigenvalue weighted by atomic mass is 19.1. The molecular weight excluding hydrogens is 338 g/mol. The Morgan fingerprint density at radius 2 is 1.85 bits per heavy atom. The molecule has 2 rings (SSSR count). The Kier molecular flexibility index (Phi) is 10.4. The van der Waals surface area contributed by atoms with E-state index in [-0.39, 0.29) is 12.6 Å². The van der Waals surface area contributed by atoms with Gasteiger partial charge < -0.3 is 0 Å². The van der Waals surface area contributed by atoms with E-state index in [4.69, 9.17) is 0 Å². The van der Waals surface area contributed by atoms with Crippen molar-refractivity contribution in [3.8, 4) is 0 Å². The maximum Gasteiger partial charge on any atom is 0.106 e. The highest BCUT2D eigenvalue weighted by Crippen LogP contribution is 2.49. The van der Waals surface area contributed by atoms with Crippen LogP contribution in [0.4, 0.5) is 8.78 Å². The second kappa shape index (κ2) is 12.2. The van der Waals surface area contributed by atoms with Gasteiger partial charge in [-0.3, -0.25) is 4.39 Å². The Labute approximate surface area is 167 Å². The van der Waals surface area contributed by atoms with E-state index in [2.05, 4.69) is 26.5 Å². The van der Waals surface area contributed by atoms with E-state index in [0.29, 0.717) is 30.1 Å². The van der Waals surface area contributed by atoms with Crippen molar-refractivity contribution in [2.24, 2.45) is 35.5 Å². The van der Waals surface area contributed by atoms with Gasteiger partial charge >= 0.3 is 0 Å². The highest BCUT2D eigenvalue weighted by molar-refractivity contribution is 4.94. The van der Waals surface area contributed by atoms with Crippen LogP contribution < -0.4 is 0 Å². The zero-order chi connectivity index (χ0) is 19.6. The van der Waals surface area contributed by atoms with Crippen LogP contribution in [0.1, 0.15) is 97.3 Å². The summed E-state index contributed by atoms with van der Waals surface area (Å²) >= 11 is 0. The summed E-state index contributed by atoms with van der Waals surface area (Å²) in [5, 5.41) is 0. The van der Waals surface area contributed by atoms with Crippen molar-refractivity contribution in [3.05, 3.63) is 12.7 Å². The zero-order valence-corrected chi connectivity index (χ0v) is 18.0. The molecule has 0 saturated heterocycles. The number of hydrogen-bond donors (Lipinski definition) is 0. The molecule has 0 aromatic heterocycles. The Balaban J connectivity index is 1.79. The first kappa shape index (κ1) is 22.9. The Morgan fingerprint density at radius 3 is 2.52 bits per heavy atom. The fourth-order valence-electron chi connectivity index (χ4n) is 6.26. The molecule has 7 atom stereocenters. The summed E-state index contributed by atoms with van der Waals surface area (Å²) in [6, 6.07) is 0. The SMILES string of the molecule is C=CC(CCC)CCCC1CCC2C(CCC(C(CC)CCCF)C2F)C1. The topological polar surface area (TPSA) is 0 Å². The van der Waals surface area contributed by atoms with Crippen molar-refractivity contribution in [2.75, 3.05) is 6.67 Å². The predicted molar refractivity (Wildman–Crippen MR) is 113 cm³/mol. The van der Waals surface area contributed by atoms with Crippen molar-refractivity contribution in [3.63, 3.8) is 0 Å². The molecule has 7 unspecified atom stereocenters. The van der Waals surface area contributed by atoms with Gasteiger partial charge in [-0.05, 0) is 86.9 Å². The van der Waals surface area contributed by atoms with E-state index in [1.54, 1.807) is 0 Å². The zero-order valence-electron chi connectivity index (χ0n) is 18.0. The van der Waals surface area contributed by atoms with Crippen LogP contribution in [0.2, 0.25) is 0 Å². The Bertz CT molecular complexity index is 407. The van der Waals surface area contributed by atoms with E-state index < -0.39 is 6.17 Å². The molecule has 0 radical (unpaired) electrons. The molecule has 158 valence electrons. The summed E-state index contributed by atoms with van der Waals surface area (Å²) in [6.45, 7) is 8.15. The molecule has 0 spiro atoms. The lowest BCUT2D eigenvalue weighted by Crippen LogP contribution is -2.42. The van der Waals surface area contributed by atoms with Crippen LogP contribution in [0.15, 0.2) is 12.7 Å². The van der Waals surface area contributed by atoms with Gasteiger partial charge in [0.05, 0.1) is 6.67 Å². The van der Waals surface area contributed by atoms with Gasteiger partial charge in [0.1, 0.15) is 6.17 Å². The molecule has 2 fully saturated rings. The highest BCUT2D eigenvalue weighted by Gasteiger charge is 2.44. The van der Waals surface area contributed by atoms with Crippen LogP contribution in [0.5, 0.6) is 0 Å². The number of hydrogen-bond acceptors (Lipinski definition) is 0. The normalized spacial score (nSPS) is 33.3. The summed E-state index contributed by atoms with van der Waals surface area (Å²) in [6.07, 6.45) is 16.2. The fourth-order valence-corrected chi connectivity index (χ4v) is 6.26. The average molecular weight is 383 g/mol. The third kappa shape index (κ3) is 6.57. The first-order valence-corrected chi connectivity index (χ1v) is 12.0. The number of halogens is 2. The molecule has 2 heteroatoms. The van der Waals surface area contributed by atoms with Gasteiger partial charge in [-0.2, -0.15) is 0 Å². The molecule has 0 amide bonds. The van der Waals surface area contributed by atoms with Gasteiger partial charge in [-0.15, -0.1) is 6.58 Å². The van der Waals surface area contributed by atoms with E-state index >= 15 is 4.39 Å². The van der Waals surface area contributed by atoms with Crippen LogP contribution >= 0.6 is 0 Å². The van der Waals surface area contributed by atoms with Crippen LogP contribution in [-0.4, -0.2) is 12.8 Å². The minimum Gasteiger partial charge on any atom is -0.251 e. The van der Waals surface area contributed by atoms with Crippen LogP contribution in [0.3, 0.4) is 0 Å². The molecule has 0 aliphatic heterocycles. The van der Waals surface area contributed by atoms with Crippen LogP contribution in [0, 0.1) is 35.5 Å². The minimum absolute atomic E-state index is 0.196. The van der Waals surface area contributed by atoms with Crippen molar-refractivity contribution in [1.29, 1.82) is 0 Å². The van der Waals surface area contributed by atoms with Crippen molar-refractivity contribution in [1.82, 2.24) is 0 Å².